The summed E-state index contributed by atoms with van der Waals surface area (Å²) in [7, 11) is 2.70. The molecule has 146 valence electrons. The van der Waals surface area contributed by atoms with Crippen LogP contribution in [0.3, 0.4) is 0 Å². The van der Waals surface area contributed by atoms with Crippen LogP contribution in [0.2, 0.25) is 0 Å². The van der Waals surface area contributed by atoms with Crippen molar-refractivity contribution < 1.29 is 27.5 Å². The van der Waals surface area contributed by atoms with E-state index >= 15 is 0 Å². The predicted octanol–water partition coefficient (Wildman–Crippen LogP) is 1.58. The molecule has 1 aliphatic heterocycles. The van der Waals surface area contributed by atoms with Gasteiger partial charge in [0.15, 0.2) is 0 Å². The first kappa shape index (κ1) is 19.2. The van der Waals surface area contributed by atoms with E-state index in [1.165, 1.54) is 17.0 Å². The summed E-state index contributed by atoms with van der Waals surface area (Å²) in [6, 6.07) is 4.69. The molecule has 2 N–H and O–H groups in total. The molecule has 0 aliphatic carbocycles. The zero-order valence-electron chi connectivity index (χ0n) is 14.4. The van der Waals surface area contributed by atoms with Crippen LogP contribution < -0.4 is 5.32 Å². The third-order valence-corrected chi connectivity index (χ3v) is 4.53. The molecule has 2 aromatic rings. The Morgan fingerprint density at radius 1 is 1.33 bits per heavy atom. The third kappa shape index (κ3) is 3.78. The van der Waals surface area contributed by atoms with Crippen LogP contribution >= 0.6 is 0 Å². The van der Waals surface area contributed by atoms with Gasteiger partial charge in [-0.1, -0.05) is 6.07 Å². The standard InChI is InChI=1S/C16H17F4N5O2/c1-24-7-8(9-6-10(16(18,19)20)25(2)23-9)13(15(24)27)14(26)22-12-5-3-4-11(17)21-12/h3-6,8,13,15,27H,7H2,1-2H3,(H,21,22,26)/t8-,13+,15?/m1/s1. The second kappa shape index (κ2) is 6.89. The normalized spacial score (nSPS) is 23.6. The monoisotopic (exact) mass is 387 g/mol. The summed E-state index contributed by atoms with van der Waals surface area (Å²) in [5.41, 5.74) is -0.909. The molecule has 1 fully saturated rings. The molecule has 1 saturated heterocycles. The molecule has 1 amide bonds. The van der Waals surface area contributed by atoms with Gasteiger partial charge < -0.3 is 10.4 Å². The van der Waals surface area contributed by atoms with E-state index < -0.39 is 41.8 Å². The van der Waals surface area contributed by atoms with Crippen molar-refractivity contribution in [3.8, 4) is 0 Å². The fourth-order valence-electron chi connectivity index (χ4n) is 3.23. The number of likely N-dealkylation sites (N-methyl/N-ethyl adjacent to an activating group) is 1. The molecular formula is C16H17F4N5O2. The number of nitrogens with one attached hydrogen (secondary N) is 1. The van der Waals surface area contributed by atoms with Gasteiger partial charge in [-0.15, -0.1) is 0 Å². The van der Waals surface area contributed by atoms with E-state index in [1.54, 1.807) is 7.05 Å². The number of aryl methyl sites for hydroxylation is 1. The largest absolute Gasteiger partial charge is 0.433 e. The van der Waals surface area contributed by atoms with Gasteiger partial charge in [0.25, 0.3) is 0 Å². The zero-order valence-corrected chi connectivity index (χ0v) is 14.4. The maximum absolute atomic E-state index is 13.2. The number of amides is 1. The third-order valence-electron chi connectivity index (χ3n) is 4.53. The van der Waals surface area contributed by atoms with Crippen molar-refractivity contribution in [2.45, 2.75) is 18.3 Å². The first-order valence-corrected chi connectivity index (χ1v) is 8.01. The summed E-state index contributed by atoms with van der Waals surface area (Å²) in [6.07, 6.45) is -5.83. The molecule has 2 aromatic heterocycles. The van der Waals surface area contributed by atoms with E-state index in [4.69, 9.17) is 0 Å². The minimum atomic E-state index is -4.59. The number of pyridine rings is 1. The van der Waals surface area contributed by atoms with Crippen LogP contribution in [0.25, 0.3) is 0 Å². The van der Waals surface area contributed by atoms with Gasteiger partial charge in [-0.05, 0) is 25.2 Å². The molecule has 0 saturated carbocycles. The zero-order chi connectivity index (χ0) is 19.9. The van der Waals surface area contributed by atoms with Crippen molar-refractivity contribution in [1.82, 2.24) is 19.7 Å². The second-order valence-corrected chi connectivity index (χ2v) is 6.40. The highest BCUT2D eigenvalue weighted by atomic mass is 19.4. The highest BCUT2D eigenvalue weighted by Crippen LogP contribution is 2.38. The number of halogens is 4. The maximum atomic E-state index is 13.2. The van der Waals surface area contributed by atoms with Gasteiger partial charge in [-0.25, -0.2) is 4.98 Å². The van der Waals surface area contributed by atoms with Crippen molar-refractivity contribution in [2.24, 2.45) is 13.0 Å². The number of aromatic nitrogens is 3. The number of aliphatic hydroxyl groups excluding tert-OH is 1. The lowest BCUT2D eigenvalue weighted by Crippen LogP contribution is -2.36. The van der Waals surface area contributed by atoms with Crippen LogP contribution in [-0.4, -0.2) is 50.5 Å². The SMILES string of the molecule is CN1C[C@H](c2cc(C(F)(F)F)n(C)n2)[C@@H](C(=O)Nc2cccc(F)n2)C1O. The number of carbonyl (C=O) groups is 1. The van der Waals surface area contributed by atoms with Crippen LogP contribution in [0.5, 0.6) is 0 Å². The molecule has 1 aliphatic rings. The summed E-state index contributed by atoms with van der Waals surface area (Å²) in [5.74, 6) is -3.42. The van der Waals surface area contributed by atoms with E-state index in [0.717, 1.165) is 19.2 Å². The Balaban J connectivity index is 1.89. The van der Waals surface area contributed by atoms with Crippen LogP contribution in [0.1, 0.15) is 17.3 Å². The summed E-state index contributed by atoms with van der Waals surface area (Å²) in [6.45, 7) is 0.129. The van der Waals surface area contributed by atoms with Crippen molar-refractivity contribution in [1.29, 1.82) is 0 Å². The predicted molar refractivity (Wildman–Crippen MR) is 85.9 cm³/mol. The first-order chi connectivity index (χ1) is 12.6. The fourth-order valence-corrected chi connectivity index (χ4v) is 3.23. The Labute approximate surface area is 151 Å². The van der Waals surface area contributed by atoms with Crippen molar-refractivity contribution in [3.63, 3.8) is 0 Å². The van der Waals surface area contributed by atoms with E-state index in [9.17, 15) is 27.5 Å². The Morgan fingerprint density at radius 2 is 2.04 bits per heavy atom. The number of likely N-dealkylation sites (tertiary alicyclic amines) is 1. The summed E-state index contributed by atoms with van der Waals surface area (Å²) < 4.78 is 53.0. The molecule has 0 radical (unpaired) electrons. The molecule has 27 heavy (non-hydrogen) atoms. The maximum Gasteiger partial charge on any atom is 0.433 e. The second-order valence-electron chi connectivity index (χ2n) is 6.40. The van der Waals surface area contributed by atoms with Crippen molar-refractivity contribution in [3.05, 3.63) is 41.6 Å². The molecule has 3 heterocycles. The lowest BCUT2D eigenvalue weighted by molar-refractivity contribution is -0.143. The van der Waals surface area contributed by atoms with Gasteiger partial charge in [-0.3, -0.25) is 14.4 Å². The molecule has 3 rings (SSSR count). The molecule has 3 atom stereocenters. The highest BCUT2D eigenvalue weighted by molar-refractivity contribution is 5.93. The first-order valence-electron chi connectivity index (χ1n) is 8.01. The number of hydrogen-bond acceptors (Lipinski definition) is 5. The number of nitrogens with zero attached hydrogens (tertiary/aromatic N) is 4. The van der Waals surface area contributed by atoms with Gasteiger partial charge in [0.2, 0.25) is 11.9 Å². The average Bonchev–Trinajstić information content (AvgIpc) is 3.08. The van der Waals surface area contributed by atoms with Gasteiger partial charge in [0, 0.05) is 19.5 Å². The topological polar surface area (TPSA) is 83.3 Å². The Hall–Kier alpha value is -2.53. The van der Waals surface area contributed by atoms with Crippen molar-refractivity contribution >= 4 is 11.7 Å². The smallest absolute Gasteiger partial charge is 0.378 e. The number of anilines is 1. The minimum absolute atomic E-state index is 0.0422. The van der Waals surface area contributed by atoms with E-state index in [-0.39, 0.29) is 18.1 Å². The van der Waals surface area contributed by atoms with Crippen LogP contribution in [-0.2, 0) is 18.0 Å². The lowest BCUT2D eigenvalue weighted by atomic mass is 9.91. The van der Waals surface area contributed by atoms with Crippen LogP contribution in [0.15, 0.2) is 24.3 Å². The number of alkyl halides is 3. The van der Waals surface area contributed by atoms with E-state index in [0.29, 0.717) is 4.68 Å². The highest BCUT2D eigenvalue weighted by Gasteiger charge is 2.46. The Kier molecular flexibility index (Phi) is 4.91. The van der Waals surface area contributed by atoms with E-state index in [2.05, 4.69) is 15.4 Å². The quantitative estimate of drug-likeness (QED) is 0.617. The Bertz CT molecular complexity index is 854. The van der Waals surface area contributed by atoms with Crippen LogP contribution in [0.4, 0.5) is 23.4 Å². The number of hydrogen-bond donors (Lipinski definition) is 2. The number of aliphatic hydroxyl groups is 1. The number of rotatable bonds is 3. The van der Waals surface area contributed by atoms with Crippen LogP contribution in [0, 0.1) is 11.9 Å². The number of carbonyl (C=O) groups excluding carboxylic acids is 1. The molecule has 0 aromatic carbocycles. The molecule has 11 heteroatoms. The fraction of sp³-hybridized carbons (Fsp3) is 0.438. The summed E-state index contributed by atoms with van der Waals surface area (Å²) in [5, 5.41) is 16.6. The average molecular weight is 387 g/mol. The molecule has 0 bridgehead atoms. The summed E-state index contributed by atoms with van der Waals surface area (Å²) >= 11 is 0. The molecular weight excluding hydrogens is 370 g/mol. The molecule has 1 unspecified atom stereocenters. The van der Waals surface area contributed by atoms with Gasteiger partial charge >= 0.3 is 6.18 Å². The van der Waals surface area contributed by atoms with Gasteiger partial charge in [0.05, 0.1) is 11.6 Å². The summed E-state index contributed by atoms with van der Waals surface area (Å²) in [4.78, 5) is 17.6. The molecule has 0 spiro atoms. The molecule has 7 nitrogen and oxygen atoms in total. The minimum Gasteiger partial charge on any atom is -0.378 e. The lowest BCUT2D eigenvalue weighted by Gasteiger charge is -2.20. The van der Waals surface area contributed by atoms with E-state index in [1.807, 2.05) is 0 Å². The Morgan fingerprint density at radius 3 is 2.63 bits per heavy atom. The van der Waals surface area contributed by atoms with Crippen molar-refractivity contribution in [2.75, 3.05) is 18.9 Å². The van der Waals surface area contributed by atoms with Gasteiger partial charge in [-0.2, -0.15) is 22.7 Å². The van der Waals surface area contributed by atoms with Gasteiger partial charge in [0.1, 0.15) is 17.7 Å².